The molecular weight excluding hydrogens is 709 g/mol. The minimum Gasteiger partial charge on any atom is -0.310 e. The minimum atomic E-state index is -1.38. The molecule has 9 aromatic carbocycles. The zero-order valence-corrected chi connectivity index (χ0v) is 29.1. The van der Waals surface area contributed by atoms with Crippen molar-refractivity contribution >= 4 is 70.4 Å². The molecule has 0 spiro atoms. The third kappa shape index (κ3) is 5.71. The fourth-order valence-electron chi connectivity index (χ4n) is 6.19. The van der Waals surface area contributed by atoms with Gasteiger partial charge in [-0.2, -0.15) is 0 Å². The lowest BCUT2D eigenvalue weighted by molar-refractivity contribution is 1.18. The molecule has 11 aromatic rings. The van der Waals surface area contributed by atoms with Crippen LogP contribution in [0.15, 0.2) is 218 Å². The average Bonchev–Trinajstić information content (AvgIpc) is 1.67. The molecule has 0 saturated heterocycles. The highest BCUT2D eigenvalue weighted by Crippen LogP contribution is 2.49. The maximum atomic E-state index is 10.4. The normalized spacial score (nSPS) is 20.4. The van der Waals surface area contributed by atoms with Crippen molar-refractivity contribution in [2.75, 3.05) is 4.90 Å². The SMILES string of the molecule is [2H]c1c([2H])c([2H])c(-c2c([2H])c([2H])c(N(c3c([2H])c([2H])c(-c4c([2H])c([2H])c([2H])c([2H])c4[2H])c([2H])c3[2H])c3c([2H])c([2H])c4c(sc5c([2H])c([2H])c([2H])c([2H])c54)c3-c3c([2H])c([2H])c([2H])c(-n4c5c([2H])c([2H])c([2H])c([2H])c5c5c([2H])c([2H])c([2H])c([2H])c54)c3[2H])c([2H])c2[2H])c([2H])c1[2H]. The number of hydrogen-bond donors (Lipinski definition) is 0. The van der Waals surface area contributed by atoms with E-state index >= 15 is 0 Å². The summed E-state index contributed by atoms with van der Waals surface area (Å²) in [6.07, 6.45) is 0. The Balaban J connectivity index is 1.44. The van der Waals surface area contributed by atoms with Crippen molar-refractivity contribution in [2.45, 2.75) is 0 Å². The molecule has 0 unspecified atom stereocenters. The van der Waals surface area contributed by atoms with Crippen molar-refractivity contribution in [1.82, 2.24) is 4.57 Å². The molecule has 2 nitrogen and oxygen atoms in total. The van der Waals surface area contributed by atoms with Crippen molar-refractivity contribution < 1.29 is 49.3 Å². The van der Waals surface area contributed by atoms with E-state index in [1.54, 1.807) is 0 Å². The van der Waals surface area contributed by atoms with Crippen LogP contribution in [0, 0.1) is 0 Å². The fraction of sp³-hybridized carbons (Fsp3) is 0. The number of aromatic nitrogens is 1. The number of para-hydroxylation sites is 2. The van der Waals surface area contributed by atoms with Crippen molar-refractivity contribution in [3.63, 3.8) is 0 Å². The summed E-state index contributed by atoms with van der Waals surface area (Å²) in [7, 11) is 0. The number of anilines is 3. The summed E-state index contributed by atoms with van der Waals surface area (Å²) in [4.78, 5) is 0.303. The Bertz CT molecular complexity index is 5030. The van der Waals surface area contributed by atoms with Crippen LogP contribution in [0.1, 0.15) is 49.3 Å². The van der Waals surface area contributed by atoms with Gasteiger partial charge in [0.05, 0.1) is 66.1 Å². The molecule has 11 rings (SSSR count). The molecule has 0 bridgehead atoms. The van der Waals surface area contributed by atoms with Crippen molar-refractivity contribution in [3.8, 4) is 39.1 Å². The zero-order valence-electron chi connectivity index (χ0n) is 64.3. The van der Waals surface area contributed by atoms with Crippen LogP contribution >= 0.6 is 11.3 Å². The van der Waals surface area contributed by atoms with E-state index in [9.17, 15) is 21.9 Å². The van der Waals surface area contributed by atoms with Gasteiger partial charge in [0.2, 0.25) is 0 Å². The summed E-state index contributed by atoms with van der Waals surface area (Å²) in [5, 5.41) is -2.36. The molecule has 3 heteroatoms. The molecule has 57 heavy (non-hydrogen) atoms. The van der Waals surface area contributed by atoms with Gasteiger partial charge >= 0.3 is 0 Å². The zero-order chi connectivity index (χ0) is 69.0. The Hall–Kier alpha value is -7.20. The summed E-state index contributed by atoms with van der Waals surface area (Å²) in [6.45, 7) is 0. The second-order valence-electron chi connectivity index (χ2n) is 11.8. The van der Waals surface area contributed by atoms with E-state index in [0.29, 0.717) is 20.8 Å². The summed E-state index contributed by atoms with van der Waals surface area (Å²) in [5.41, 5.74) is -12.1. The van der Waals surface area contributed by atoms with Gasteiger partial charge in [-0.1, -0.05) is 157 Å². The number of thiophene rings is 1. The molecule has 268 valence electrons. The summed E-state index contributed by atoms with van der Waals surface area (Å²) < 4.78 is 329. The van der Waals surface area contributed by atoms with Gasteiger partial charge in [0.25, 0.3) is 0 Å². The fourth-order valence-corrected chi connectivity index (χ4v) is 7.31. The molecule has 0 N–H and O–H groups in total. The first-order chi connectivity index (χ1) is 43.3. The van der Waals surface area contributed by atoms with Crippen molar-refractivity contribution in [1.29, 1.82) is 0 Å². The van der Waals surface area contributed by atoms with Crippen LogP contribution in [-0.2, 0) is 0 Å². The van der Waals surface area contributed by atoms with Crippen LogP contribution in [-0.4, -0.2) is 4.57 Å². The number of rotatable bonds is 7. The van der Waals surface area contributed by atoms with Gasteiger partial charge < -0.3 is 9.47 Å². The first-order valence-corrected chi connectivity index (χ1v) is 17.3. The lowest BCUT2D eigenvalue weighted by atomic mass is 9.97. The lowest BCUT2D eigenvalue weighted by Gasteiger charge is -2.29. The lowest BCUT2D eigenvalue weighted by Crippen LogP contribution is -2.11. The Labute approximate surface area is 386 Å². The smallest absolute Gasteiger partial charge is 0.0652 e. The van der Waals surface area contributed by atoms with Gasteiger partial charge in [-0.3, -0.25) is 0 Å². The van der Waals surface area contributed by atoms with E-state index in [2.05, 4.69) is 0 Å². The highest BCUT2D eigenvalue weighted by molar-refractivity contribution is 7.26. The van der Waals surface area contributed by atoms with E-state index in [1.165, 1.54) is 0 Å². The predicted octanol–water partition coefficient (Wildman–Crippen LogP) is 15.6. The molecule has 0 aliphatic carbocycles. The monoisotopic (exact) mass is 780 g/mol. The summed E-state index contributed by atoms with van der Waals surface area (Å²) in [6, 6.07) is -39.2. The maximum absolute atomic E-state index is 10.4. The molecule has 2 aromatic heterocycles. The third-order valence-corrected chi connectivity index (χ3v) is 9.74. The van der Waals surface area contributed by atoms with E-state index in [0.717, 1.165) is 0 Å². The van der Waals surface area contributed by atoms with Crippen molar-refractivity contribution in [2.24, 2.45) is 0 Å². The molecule has 0 aliphatic rings. The Morgan fingerprint density at radius 1 is 0.386 bits per heavy atom. The Morgan fingerprint density at radius 3 is 1.47 bits per heavy atom. The number of hydrogen-bond acceptors (Lipinski definition) is 2. The van der Waals surface area contributed by atoms with E-state index < -0.39 is 316 Å². The standard InChI is InChI=1S/C54H36N2S/c1-3-14-37(15-4-1)39-26-30-42(31-27-39)55(43-32-28-40(29-33-43)38-16-5-2-6-17-38)51-35-34-48-47-22-9-12-25-52(47)57-54(48)53(51)41-18-13-19-44(36-41)56-49-23-10-7-20-45(49)46-21-8-11-24-50(46)56/h1-36H/i1D,2D,3D,4D,5D,6D,7D,8D,9D,10D,11D,12D,13D,14D,15D,16D,17D,18D,19D,20D,21D,22D,23D,24D,25D,26D,27D,28D,29D,30D,31D,32D,33D,34D,35D,36D. The Morgan fingerprint density at radius 2 is 0.877 bits per heavy atom. The minimum absolute atomic E-state index is 0.303. The van der Waals surface area contributed by atoms with Gasteiger partial charge in [0.15, 0.2) is 0 Å². The average molecular weight is 781 g/mol. The molecular formula is C54H36N2S. The topological polar surface area (TPSA) is 8.17 Å². The Kier molecular flexibility index (Phi) is 3.13. The first kappa shape index (κ1) is 12.9. The van der Waals surface area contributed by atoms with Gasteiger partial charge in [0.1, 0.15) is 0 Å². The maximum Gasteiger partial charge on any atom is 0.0652 e. The predicted molar refractivity (Wildman–Crippen MR) is 245 cm³/mol. The second-order valence-corrected chi connectivity index (χ2v) is 12.8. The van der Waals surface area contributed by atoms with E-state index in [1.807, 2.05) is 0 Å². The van der Waals surface area contributed by atoms with Crippen LogP contribution in [0.25, 0.3) is 81.0 Å². The summed E-state index contributed by atoms with van der Waals surface area (Å²) >= 11 is 0.342. The number of nitrogens with zero attached hydrogens (tertiary/aromatic N) is 2. The van der Waals surface area contributed by atoms with Gasteiger partial charge in [-0.15, -0.1) is 11.3 Å². The molecule has 0 aliphatic heterocycles. The largest absolute Gasteiger partial charge is 0.310 e. The van der Waals surface area contributed by atoms with E-state index in [-0.39, 0.29) is 0 Å². The summed E-state index contributed by atoms with van der Waals surface area (Å²) in [5.74, 6) is 0. The van der Waals surface area contributed by atoms with Crippen LogP contribution in [0.4, 0.5) is 17.1 Å². The molecule has 0 atom stereocenters. The van der Waals surface area contributed by atoms with Crippen LogP contribution in [0.2, 0.25) is 0 Å². The number of benzene rings is 9. The van der Waals surface area contributed by atoms with Gasteiger partial charge in [-0.05, 0) is 88.2 Å². The van der Waals surface area contributed by atoms with Crippen LogP contribution < -0.4 is 4.90 Å². The van der Waals surface area contributed by atoms with Crippen LogP contribution in [0.5, 0.6) is 0 Å². The highest BCUT2D eigenvalue weighted by Gasteiger charge is 2.23. The second kappa shape index (κ2) is 13.8. The van der Waals surface area contributed by atoms with Crippen LogP contribution in [0.3, 0.4) is 0 Å². The first-order valence-electron chi connectivity index (χ1n) is 34.5. The number of fused-ring (bicyclic) bond motifs is 6. The highest BCUT2D eigenvalue weighted by atomic mass is 32.1. The molecule has 2 heterocycles. The van der Waals surface area contributed by atoms with Crippen molar-refractivity contribution in [3.05, 3.63) is 218 Å². The molecule has 0 radical (unpaired) electrons. The molecule has 0 amide bonds. The molecule has 0 saturated carbocycles. The van der Waals surface area contributed by atoms with Gasteiger partial charge in [0, 0.05) is 53.6 Å². The quantitative estimate of drug-likeness (QED) is 0.156. The van der Waals surface area contributed by atoms with Gasteiger partial charge in [-0.25, -0.2) is 0 Å². The molecule has 0 fully saturated rings. The van der Waals surface area contributed by atoms with E-state index in [4.69, 9.17) is 27.4 Å². The third-order valence-electron chi connectivity index (χ3n) is 8.62.